The lowest BCUT2D eigenvalue weighted by Gasteiger charge is -2.24. The second-order valence-electron chi connectivity index (χ2n) is 9.73. The van der Waals surface area contributed by atoms with Gasteiger partial charge in [0.05, 0.1) is 28.8 Å². The summed E-state index contributed by atoms with van der Waals surface area (Å²) in [6.45, 7) is 2.50. The van der Waals surface area contributed by atoms with E-state index in [4.69, 9.17) is 9.98 Å². The van der Waals surface area contributed by atoms with Crippen molar-refractivity contribution in [3.63, 3.8) is 0 Å². The van der Waals surface area contributed by atoms with E-state index in [0.717, 1.165) is 57.6 Å². The number of H-pyrrole nitrogens is 1. The highest BCUT2D eigenvalue weighted by molar-refractivity contribution is 7.15. The van der Waals surface area contributed by atoms with Gasteiger partial charge in [0.2, 0.25) is 5.91 Å². The Morgan fingerprint density at radius 3 is 2.79 bits per heavy atom. The maximum atomic E-state index is 12.5. The molecule has 1 aliphatic heterocycles. The number of imidazole rings is 1. The lowest BCUT2D eigenvalue weighted by atomic mass is 9.85. The number of carbonyl (C=O) groups excluding carboxylic acids is 1. The molecule has 7 rings (SSSR count). The molecule has 2 aliphatic rings. The van der Waals surface area contributed by atoms with Crippen LogP contribution in [0.15, 0.2) is 65.1 Å². The molecule has 0 aromatic carbocycles. The van der Waals surface area contributed by atoms with Gasteiger partial charge in [0.25, 0.3) is 0 Å². The Kier molecular flexibility index (Phi) is 5.81. The summed E-state index contributed by atoms with van der Waals surface area (Å²) in [7, 11) is 0. The lowest BCUT2D eigenvalue weighted by molar-refractivity contribution is -0.122. The molecule has 0 saturated heterocycles. The van der Waals surface area contributed by atoms with Crippen molar-refractivity contribution in [2.24, 2.45) is 15.9 Å². The average molecular weight is 533 g/mol. The Hall–Kier alpha value is -4.57. The zero-order valence-electron chi connectivity index (χ0n) is 21.2. The molecule has 1 fully saturated rings. The summed E-state index contributed by atoms with van der Waals surface area (Å²) in [5.74, 6) is 1.37. The van der Waals surface area contributed by atoms with Crippen LogP contribution in [0.1, 0.15) is 35.5 Å². The highest BCUT2D eigenvalue weighted by atomic mass is 32.1. The Balaban J connectivity index is 1.26. The maximum absolute atomic E-state index is 12.5. The summed E-state index contributed by atoms with van der Waals surface area (Å²) in [5, 5.41) is 3.01. The minimum Gasteiger partial charge on any atom is -0.337 e. The minimum absolute atomic E-state index is 0.0560. The van der Waals surface area contributed by atoms with E-state index in [1.165, 1.54) is 4.88 Å². The predicted molar refractivity (Wildman–Crippen MR) is 154 cm³/mol. The number of aromatic nitrogens is 5. The number of aliphatic imine (C=N–C) groups is 2. The number of aryl methyl sites for hydroxylation is 1. The van der Waals surface area contributed by atoms with E-state index in [2.05, 4.69) is 49.3 Å². The van der Waals surface area contributed by atoms with Gasteiger partial charge in [0, 0.05) is 52.3 Å². The highest BCUT2D eigenvalue weighted by Gasteiger charge is 2.25. The van der Waals surface area contributed by atoms with Gasteiger partial charge in [0.1, 0.15) is 16.9 Å². The Labute approximate surface area is 228 Å². The minimum atomic E-state index is 0.0560. The monoisotopic (exact) mass is 532 g/mol. The van der Waals surface area contributed by atoms with Crippen LogP contribution >= 0.6 is 11.3 Å². The molecule has 1 saturated carbocycles. The number of carbonyl (C=O) groups is 1. The molecule has 0 atom stereocenters. The predicted octanol–water partition coefficient (Wildman–Crippen LogP) is 5.74. The van der Waals surface area contributed by atoms with Crippen molar-refractivity contribution in [1.82, 2.24) is 24.9 Å². The third kappa shape index (κ3) is 4.42. The number of fused-ring (bicyclic) bond motifs is 2. The molecule has 0 unspecified atom stereocenters. The number of thiophene rings is 1. The fourth-order valence-corrected chi connectivity index (χ4v) is 5.68. The molecule has 39 heavy (non-hydrogen) atoms. The second kappa shape index (κ2) is 9.63. The van der Waals surface area contributed by atoms with E-state index in [0.29, 0.717) is 29.6 Å². The van der Waals surface area contributed by atoms with Gasteiger partial charge in [-0.05, 0) is 50.1 Å². The van der Waals surface area contributed by atoms with Crippen LogP contribution in [0.4, 0.5) is 11.5 Å². The molecule has 10 heteroatoms. The van der Waals surface area contributed by atoms with E-state index in [-0.39, 0.29) is 11.8 Å². The largest absolute Gasteiger partial charge is 0.337 e. The molecular weight excluding hydrogens is 508 g/mol. The molecule has 5 aromatic rings. The molecule has 6 heterocycles. The molecule has 0 bridgehead atoms. The fourth-order valence-electron chi connectivity index (χ4n) is 4.81. The second-order valence-corrected chi connectivity index (χ2v) is 11.0. The molecule has 9 nitrogen and oxygen atoms in total. The zero-order chi connectivity index (χ0) is 26.3. The number of hydrogen-bond donors (Lipinski definition) is 2. The Morgan fingerprint density at radius 2 is 1.97 bits per heavy atom. The van der Waals surface area contributed by atoms with Crippen molar-refractivity contribution in [3.05, 3.63) is 71.4 Å². The molecule has 2 N–H and O–H groups in total. The van der Waals surface area contributed by atoms with Crippen molar-refractivity contribution in [1.29, 1.82) is 0 Å². The van der Waals surface area contributed by atoms with Crippen LogP contribution < -0.4 is 5.32 Å². The summed E-state index contributed by atoms with van der Waals surface area (Å²) in [6, 6.07) is 10.0. The van der Waals surface area contributed by atoms with Crippen LogP contribution in [-0.4, -0.2) is 49.3 Å². The van der Waals surface area contributed by atoms with Gasteiger partial charge in [0.15, 0.2) is 11.6 Å². The van der Waals surface area contributed by atoms with Gasteiger partial charge in [-0.15, -0.1) is 11.3 Å². The van der Waals surface area contributed by atoms with E-state index in [1.807, 2.05) is 18.2 Å². The van der Waals surface area contributed by atoms with Crippen molar-refractivity contribution in [2.75, 3.05) is 11.9 Å². The van der Waals surface area contributed by atoms with Gasteiger partial charge in [-0.2, -0.15) is 0 Å². The first-order chi connectivity index (χ1) is 19.1. The fraction of sp³-hybridized carbons (Fsp3) is 0.207. The molecular formula is C29H24N8OS. The van der Waals surface area contributed by atoms with Crippen molar-refractivity contribution < 1.29 is 4.79 Å². The molecule has 192 valence electrons. The highest BCUT2D eigenvalue weighted by Crippen LogP contribution is 2.33. The number of nitrogens with zero attached hydrogens (tertiary/aromatic N) is 6. The summed E-state index contributed by atoms with van der Waals surface area (Å²) in [6.07, 6.45) is 11.8. The third-order valence-electron chi connectivity index (χ3n) is 7.08. The first-order valence-corrected chi connectivity index (χ1v) is 13.7. The maximum Gasteiger partial charge on any atom is 0.227 e. The normalized spacial score (nSPS) is 14.9. The molecule has 0 radical (unpaired) electrons. The molecule has 0 spiro atoms. The Bertz CT molecular complexity index is 1800. The molecule has 5 aromatic heterocycles. The van der Waals surface area contributed by atoms with Gasteiger partial charge in [-0.25, -0.2) is 15.0 Å². The lowest BCUT2D eigenvalue weighted by Crippen LogP contribution is -2.28. The first kappa shape index (κ1) is 23.5. The van der Waals surface area contributed by atoms with Crippen LogP contribution in [-0.2, 0) is 4.79 Å². The topological polar surface area (TPSA) is 121 Å². The number of amides is 1. The van der Waals surface area contributed by atoms with Gasteiger partial charge < -0.3 is 10.3 Å². The summed E-state index contributed by atoms with van der Waals surface area (Å²) < 4.78 is 0. The Morgan fingerprint density at radius 1 is 1.08 bits per heavy atom. The van der Waals surface area contributed by atoms with Gasteiger partial charge in [-0.1, -0.05) is 6.42 Å². The van der Waals surface area contributed by atoms with E-state index >= 15 is 0 Å². The van der Waals surface area contributed by atoms with Crippen LogP contribution in [0.25, 0.3) is 32.7 Å². The number of pyridine rings is 3. The van der Waals surface area contributed by atoms with Crippen molar-refractivity contribution >= 4 is 51.7 Å². The average Bonchev–Trinajstić information content (AvgIpc) is 3.48. The van der Waals surface area contributed by atoms with Crippen LogP contribution in [0.2, 0.25) is 0 Å². The summed E-state index contributed by atoms with van der Waals surface area (Å²) in [5.41, 5.74) is 6.34. The van der Waals surface area contributed by atoms with E-state index in [1.54, 1.807) is 42.3 Å². The van der Waals surface area contributed by atoms with Crippen LogP contribution in [0.3, 0.4) is 0 Å². The van der Waals surface area contributed by atoms with Crippen molar-refractivity contribution in [2.45, 2.75) is 26.2 Å². The zero-order valence-corrected chi connectivity index (χ0v) is 22.0. The molecule has 1 amide bonds. The smallest absolute Gasteiger partial charge is 0.227 e. The first-order valence-electron chi connectivity index (χ1n) is 12.9. The number of nitrogens with one attached hydrogen (secondary N) is 2. The van der Waals surface area contributed by atoms with E-state index in [9.17, 15) is 4.79 Å². The summed E-state index contributed by atoms with van der Waals surface area (Å²) >= 11 is 1.69. The van der Waals surface area contributed by atoms with Crippen LogP contribution in [0, 0.1) is 12.8 Å². The summed E-state index contributed by atoms with van der Waals surface area (Å²) in [4.78, 5) is 46.1. The number of hydrogen-bond acceptors (Lipinski definition) is 8. The standard InChI is InChI=1S/C29H24N8OS/c1-16-5-6-23(39-16)26-25-22(7-8-31-26)36-28(37-25)24-21-12-19(14-34-27(21)33-10-9-32-24)18-11-20(15-30-13-18)35-29(38)17-3-2-4-17/h5-8,10-15,17H,2-4,9H2,1H3,(H,35,38)(H,36,37). The quantitative estimate of drug-likeness (QED) is 0.299. The number of anilines is 1. The van der Waals surface area contributed by atoms with E-state index < -0.39 is 0 Å². The SMILES string of the molecule is Cc1ccc(-c2nccc3[nH]c(C4=NCC=Nc5ncc(-c6cncc(NC(=O)C7CCC7)c6)cc54)nc23)s1. The molecule has 1 aliphatic carbocycles. The third-order valence-corrected chi connectivity index (χ3v) is 8.09. The number of rotatable bonds is 5. The van der Waals surface area contributed by atoms with Gasteiger partial charge >= 0.3 is 0 Å². The van der Waals surface area contributed by atoms with Gasteiger partial charge in [-0.3, -0.25) is 19.8 Å². The van der Waals surface area contributed by atoms with Crippen LogP contribution in [0.5, 0.6) is 0 Å². The number of aromatic amines is 1. The van der Waals surface area contributed by atoms with Crippen molar-refractivity contribution in [3.8, 4) is 21.7 Å².